The molecule has 0 radical (unpaired) electrons. The first-order valence-electron chi connectivity index (χ1n) is 4.48. The second-order valence-corrected chi connectivity index (χ2v) is 3.24. The van der Waals surface area contributed by atoms with Crippen molar-refractivity contribution >= 4 is 5.97 Å². The predicted octanol–water partition coefficient (Wildman–Crippen LogP) is 2.90. The summed E-state index contributed by atoms with van der Waals surface area (Å²) in [5.74, 6) is -0.362. The lowest BCUT2D eigenvalue weighted by Gasteiger charge is -2.08. The van der Waals surface area contributed by atoms with E-state index in [1.165, 1.54) is 5.56 Å². The van der Waals surface area contributed by atoms with Gasteiger partial charge in [-0.15, -0.1) is 0 Å². The maximum absolute atomic E-state index is 10.6. The number of hydrogen-bond donors (Lipinski definition) is 1. The summed E-state index contributed by atoms with van der Waals surface area (Å²) in [6.45, 7) is 4.26. The molecule has 0 aliphatic rings. The van der Waals surface area contributed by atoms with Crippen LogP contribution in [0.5, 0.6) is 0 Å². The van der Waals surface area contributed by atoms with Crippen LogP contribution in [0.3, 0.4) is 0 Å². The minimum Gasteiger partial charge on any atom is -0.478 e. The van der Waals surface area contributed by atoms with E-state index in [1.807, 2.05) is 12.1 Å². The standard InChI is InChI=1S/C11H14O2/c1-3-8(2)9-4-6-10(7-5-9)11(12)13/h4-8H,3H2,1-2H3,(H,12,13). The van der Waals surface area contributed by atoms with E-state index in [0.29, 0.717) is 11.5 Å². The summed E-state index contributed by atoms with van der Waals surface area (Å²) in [6, 6.07) is 7.09. The molecular weight excluding hydrogens is 164 g/mol. The molecule has 2 heteroatoms. The van der Waals surface area contributed by atoms with Crippen molar-refractivity contribution in [2.75, 3.05) is 0 Å². The van der Waals surface area contributed by atoms with Gasteiger partial charge in [0.25, 0.3) is 0 Å². The maximum atomic E-state index is 10.6. The fourth-order valence-corrected chi connectivity index (χ4v) is 1.19. The zero-order chi connectivity index (χ0) is 9.84. The third kappa shape index (κ3) is 2.31. The lowest BCUT2D eigenvalue weighted by molar-refractivity contribution is 0.0697. The first-order chi connectivity index (χ1) is 6.15. The fourth-order valence-electron chi connectivity index (χ4n) is 1.19. The van der Waals surface area contributed by atoms with Crippen LogP contribution in [0.25, 0.3) is 0 Å². The minimum absolute atomic E-state index is 0.354. The van der Waals surface area contributed by atoms with Crippen molar-refractivity contribution in [3.8, 4) is 0 Å². The highest BCUT2D eigenvalue weighted by atomic mass is 16.4. The Balaban J connectivity index is 2.87. The zero-order valence-electron chi connectivity index (χ0n) is 7.95. The van der Waals surface area contributed by atoms with Crippen LogP contribution in [0.4, 0.5) is 0 Å². The largest absolute Gasteiger partial charge is 0.478 e. The van der Waals surface area contributed by atoms with Gasteiger partial charge in [0.05, 0.1) is 5.56 Å². The van der Waals surface area contributed by atoms with Crippen molar-refractivity contribution in [2.24, 2.45) is 0 Å². The van der Waals surface area contributed by atoms with Gasteiger partial charge in [0.15, 0.2) is 0 Å². The van der Waals surface area contributed by atoms with Crippen LogP contribution in [-0.2, 0) is 0 Å². The Hall–Kier alpha value is -1.31. The zero-order valence-corrected chi connectivity index (χ0v) is 7.95. The van der Waals surface area contributed by atoms with E-state index in [1.54, 1.807) is 12.1 Å². The van der Waals surface area contributed by atoms with Crippen molar-refractivity contribution in [3.05, 3.63) is 35.4 Å². The molecule has 0 saturated heterocycles. The molecule has 1 aromatic carbocycles. The molecule has 0 aliphatic carbocycles. The van der Waals surface area contributed by atoms with Crippen molar-refractivity contribution in [1.29, 1.82) is 0 Å². The van der Waals surface area contributed by atoms with Gasteiger partial charge < -0.3 is 5.11 Å². The van der Waals surface area contributed by atoms with Gasteiger partial charge in [-0.25, -0.2) is 4.79 Å². The molecule has 0 saturated carbocycles. The van der Waals surface area contributed by atoms with Gasteiger partial charge in [0.1, 0.15) is 0 Å². The minimum atomic E-state index is -0.865. The van der Waals surface area contributed by atoms with Gasteiger partial charge >= 0.3 is 5.97 Å². The average molecular weight is 178 g/mol. The predicted molar refractivity (Wildman–Crippen MR) is 52.1 cm³/mol. The SMILES string of the molecule is CCC(C)c1ccc(C(=O)O)cc1. The van der Waals surface area contributed by atoms with Gasteiger partial charge in [0.2, 0.25) is 0 Å². The maximum Gasteiger partial charge on any atom is 0.335 e. The summed E-state index contributed by atoms with van der Waals surface area (Å²) in [7, 11) is 0. The molecule has 13 heavy (non-hydrogen) atoms. The van der Waals surface area contributed by atoms with Crippen molar-refractivity contribution < 1.29 is 9.90 Å². The molecule has 0 spiro atoms. The van der Waals surface area contributed by atoms with E-state index in [9.17, 15) is 4.79 Å². The summed E-state index contributed by atoms with van der Waals surface area (Å²) in [6.07, 6.45) is 1.08. The molecule has 70 valence electrons. The number of carboxylic acids is 1. The van der Waals surface area contributed by atoms with Gasteiger partial charge in [-0.3, -0.25) is 0 Å². The summed E-state index contributed by atoms with van der Waals surface area (Å²) < 4.78 is 0. The Kier molecular flexibility index (Phi) is 3.07. The van der Waals surface area contributed by atoms with E-state index in [4.69, 9.17) is 5.11 Å². The third-order valence-electron chi connectivity index (χ3n) is 2.34. The van der Waals surface area contributed by atoms with E-state index in [-0.39, 0.29) is 0 Å². The van der Waals surface area contributed by atoms with Crippen LogP contribution in [-0.4, -0.2) is 11.1 Å². The van der Waals surface area contributed by atoms with Crippen LogP contribution in [0.2, 0.25) is 0 Å². The molecule has 1 rings (SSSR count). The van der Waals surface area contributed by atoms with E-state index in [2.05, 4.69) is 13.8 Å². The number of rotatable bonds is 3. The number of carbonyl (C=O) groups is 1. The van der Waals surface area contributed by atoms with Gasteiger partial charge in [-0.2, -0.15) is 0 Å². The average Bonchev–Trinajstić information content (AvgIpc) is 2.17. The molecule has 1 unspecified atom stereocenters. The van der Waals surface area contributed by atoms with Gasteiger partial charge in [0, 0.05) is 0 Å². The number of carboxylic acid groups (broad SMARTS) is 1. The Bertz CT molecular complexity index is 287. The molecule has 0 amide bonds. The molecule has 2 nitrogen and oxygen atoms in total. The highest BCUT2D eigenvalue weighted by Crippen LogP contribution is 2.18. The Morgan fingerprint density at radius 3 is 2.31 bits per heavy atom. The normalized spacial score (nSPS) is 12.5. The van der Waals surface area contributed by atoms with E-state index in [0.717, 1.165) is 6.42 Å². The third-order valence-corrected chi connectivity index (χ3v) is 2.34. The van der Waals surface area contributed by atoms with Crippen LogP contribution < -0.4 is 0 Å². The monoisotopic (exact) mass is 178 g/mol. The molecule has 1 atom stereocenters. The molecule has 0 fully saturated rings. The summed E-state index contributed by atoms with van der Waals surface area (Å²) >= 11 is 0. The number of benzene rings is 1. The fraction of sp³-hybridized carbons (Fsp3) is 0.364. The lowest BCUT2D eigenvalue weighted by Crippen LogP contribution is -1.97. The Labute approximate surface area is 78.2 Å². The smallest absolute Gasteiger partial charge is 0.335 e. The van der Waals surface area contributed by atoms with E-state index < -0.39 is 5.97 Å². The van der Waals surface area contributed by atoms with Gasteiger partial charge in [-0.05, 0) is 30.0 Å². The Morgan fingerprint density at radius 1 is 1.38 bits per heavy atom. The lowest BCUT2D eigenvalue weighted by atomic mass is 9.98. The quantitative estimate of drug-likeness (QED) is 0.772. The molecular formula is C11H14O2. The highest BCUT2D eigenvalue weighted by Gasteiger charge is 2.05. The summed E-state index contributed by atoms with van der Waals surface area (Å²) in [5, 5.41) is 8.67. The first-order valence-corrected chi connectivity index (χ1v) is 4.48. The van der Waals surface area contributed by atoms with Crippen molar-refractivity contribution in [3.63, 3.8) is 0 Å². The van der Waals surface area contributed by atoms with Crippen LogP contribution >= 0.6 is 0 Å². The Morgan fingerprint density at radius 2 is 1.92 bits per heavy atom. The first kappa shape index (κ1) is 9.78. The highest BCUT2D eigenvalue weighted by molar-refractivity contribution is 5.87. The topological polar surface area (TPSA) is 37.3 Å². The molecule has 1 N–H and O–H groups in total. The van der Waals surface area contributed by atoms with Gasteiger partial charge in [-0.1, -0.05) is 26.0 Å². The number of hydrogen-bond acceptors (Lipinski definition) is 1. The molecule has 0 heterocycles. The number of aromatic carboxylic acids is 1. The summed E-state index contributed by atoms with van der Waals surface area (Å²) in [4.78, 5) is 10.6. The molecule has 0 bridgehead atoms. The van der Waals surface area contributed by atoms with Crippen molar-refractivity contribution in [2.45, 2.75) is 26.2 Å². The second-order valence-electron chi connectivity index (χ2n) is 3.24. The second kappa shape index (κ2) is 4.08. The van der Waals surface area contributed by atoms with E-state index >= 15 is 0 Å². The molecule has 0 aromatic heterocycles. The van der Waals surface area contributed by atoms with Crippen LogP contribution in [0.1, 0.15) is 42.1 Å². The molecule has 0 aliphatic heterocycles. The summed E-state index contributed by atoms with van der Waals surface area (Å²) in [5.41, 5.74) is 1.56. The van der Waals surface area contributed by atoms with Crippen LogP contribution in [0, 0.1) is 0 Å². The molecule has 1 aromatic rings. The van der Waals surface area contributed by atoms with Crippen molar-refractivity contribution in [1.82, 2.24) is 0 Å². The van der Waals surface area contributed by atoms with Crippen LogP contribution in [0.15, 0.2) is 24.3 Å².